The van der Waals surface area contributed by atoms with Crippen LogP contribution in [0.2, 0.25) is 0 Å². The first kappa shape index (κ1) is 23.2. The molecule has 2 fully saturated rings. The molecule has 1 aromatic heterocycles. The molecule has 7 heteroatoms. The van der Waals surface area contributed by atoms with E-state index in [2.05, 4.69) is 22.9 Å². The summed E-state index contributed by atoms with van der Waals surface area (Å²) in [6.45, 7) is 5.70. The van der Waals surface area contributed by atoms with Crippen molar-refractivity contribution in [1.82, 2.24) is 14.8 Å². The van der Waals surface area contributed by atoms with Gasteiger partial charge < -0.3 is 9.88 Å². The number of amides is 2. The van der Waals surface area contributed by atoms with Gasteiger partial charge in [0.05, 0.1) is 15.6 Å². The van der Waals surface area contributed by atoms with Gasteiger partial charge in [-0.05, 0) is 63.2 Å². The van der Waals surface area contributed by atoms with Crippen molar-refractivity contribution in [3.63, 3.8) is 0 Å². The number of nitrogens with one attached hydrogen (secondary N) is 1. The van der Waals surface area contributed by atoms with Crippen molar-refractivity contribution in [1.29, 1.82) is 0 Å². The lowest BCUT2D eigenvalue weighted by Gasteiger charge is -2.30. The number of nitrogens with zero attached hydrogens (tertiary/aromatic N) is 2. The van der Waals surface area contributed by atoms with E-state index in [1.807, 2.05) is 12.1 Å². The van der Waals surface area contributed by atoms with Crippen LogP contribution in [0.1, 0.15) is 70.3 Å². The zero-order valence-corrected chi connectivity index (χ0v) is 20.0. The number of imide groups is 1. The number of fused-ring (bicyclic) bond motifs is 1. The van der Waals surface area contributed by atoms with E-state index in [1.54, 1.807) is 4.90 Å². The third-order valence-corrected chi connectivity index (χ3v) is 8.15. The minimum atomic E-state index is -0.367. The number of hydrogen-bond donors (Lipinski definition) is 1. The fourth-order valence-corrected chi connectivity index (χ4v) is 6.35. The summed E-state index contributed by atoms with van der Waals surface area (Å²) in [5, 5.41) is 0. The quantitative estimate of drug-likeness (QED) is 0.426. The molecule has 2 heterocycles. The molecule has 174 valence electrons. The molecule has 1 N–H and O–H groups in total. The Morgan fingerprint density at radius 1 is 1.06 bits per heavy atom. The molecule has 4 rings (SSSR count). The van der Waals surface area contributed by atoms with Crippen molar-refractivity contribution in [3.05, 3.63) is 33.4 Å². The number of rotatable bonds is 10. The van der Waals surface area contributed by atoms with Gasteiger partial charge in [0.25, 0.3) is 0 Å². The van der Waals surface area contributed by atoms with Crippen molar-refractivity contribution in [3.8, 4) is 0 Å². The van der Waals surface area contributed by atoms with E-state index in [1.165, 1.54) is 23.3 Å². The lowest BCUT2D eigenvalue weighted by molar-refractivity contribution is -0.142. The Kier molecular flexibility index (Phi) is 7.46. The van der Waals surface area contributed by atoms with Crippen LogP contribution in [0.3, 0.4) is 0 Å². The second-order valence-electron chi connectivity index (χ2n) is 9.48. The van der Waals surface area contributed by atoms with Gasteiger partial charge in [-0.2, -0.15) is 0 Å². The molecule has 1 aliphatic heterocycles. The summed E-state index contributed by atoms with van der Waals surface area (Å²) in [5.74, 6) is 0.145. The number of H-pyrrole nitrogens is 1. The van der Waals surface area contributed by atoms with Crippen molar-refractivity contribution in [2.75, 3.05) is 26.2 Å². The van der Waals surface area contributed by atoms with Crippen LogP contribution in [-0.2, 0) is 16.0 Å². The highest BCUT2D eigenvalue weighted by Gasteiger charge is 2.51. The van der Waals surface area contributed by atoms with Crippen LogP contribution in [0, 0.1) is 5.41 Å². The molecular formula is C25H35N3O3S. The van der Waals surface area contributed by atoms with Gasteiger partial charge >= 0.3 is 4.87 Å². The Bertz CT molecular complexity index is 1010. The topological polar surface area (TPSA) is 73.5 Å². The Morgan fingerprint density at radius 3 is 2.66 bits per heavy atom. The second kappa shape index (κ2) is 10.3. The van der Waals surface area contributed by atoms with Crippen molar-refractivity contribution >= 4 is 33.4 Å². The molecule has 0 atom stereocenters. The highest BCUT2D eigenvalue weighted by atomic mass is 32.1. The van der Waals surface area contributed by atoms with Crippen LogP contribution in [0.25, 0.3) is 10.2 Å². The van der Waals surface area contributed by atoms with Gasteiger partial charge in [-0.15, -0.1) is 0 Å². The number of benzene rings is 1. The number of carbonyl (C=O) groups is 2. The molecule has 6 nitrogen and oxygen atoms in total. The first-order valence-electron chi connectivity index (χ1n) is 12.2. The first-order valence-corrected chi connectivity index (χ1v) is 13.0. The third-order valence-electron chi connectivity index (χ3n) is 7.17. The molecule has 2 aliphatic rings. The largest absolute Gasteiger partial charge is 0.312 e. The van der Waals surface area contributed by atoms with E-state index < -0.39 is 0 Å². The average molecular weight is 458 g/mol. The van der Waals surface area contributed by atoms with E-state index in [0.717, 1.165) is 81.2 Å². The summed E-state index contributed by atoms with van der Waals surface area (Å²) in [6, 6.07) is 6.08. The summed E-state index contributed by atoms with van der Waals surface area (Å²) in [5.41, 5.74) is 1.78. The maximum atomic E-state index is 13.0. The zero-order valence-electron chi connectivity index (χ0n) is 19.2. The summed E-state index contributed by atoms with van der Waals surface area (Å²) in [6.07, 6.45) is 9.40. The maximum Gasteiger partial charge on any atom is 0.305 e. The van der Waals surface area contributed by atoms with Gasteiger partial charge in [0.15, 0.2) is 0 Å². The average Bonchev–Trinajstić information content (AvgIpc) is 3.27. The predicted octanol–water partition coefficient (Wildman–Crippen LogP) is 4.33. The van der Waals surface area contributed by atoms with Gasteiger partial charge in [-0.3, -0.25) is 19.3 Å². The number of thiazole rings is 1. The monoisotopic (exact) mass is 457 g/mol. The minimum absolute atomic E-state index is 0.00104. The number of likely N-dealkylation sites (tertiary alicyclic amines) is 1. The van der Waals surface area contributed by atoms with Crippen LogP contribution in [0.15, 0.2) is 23.0 Å². The first-order chi connectivity index (χ1) is 15.5. The predicted molar refractivity (Wildman–Crippen MR) is 129 cm³/mol. The maximum absolute atomic E-state index is 13.0. The Balaban J connectivity index is 1.26. The summed E-state index contributed by atoms with van der Waals surface area (Å²) >= 11 is 1.29. The van der Waals surface area contributed by atoms with Gasteiger partial charge in [-0.25, -0.2) is 0 Å². The van der Waals surface area contributed by atoms with Crippen molar-refractivity contribution in [2.45, 2.75) is 71.1 Å². The van der Waals surface area contributed by atoms with Gasteiger partial charge in [0.1, 0.15) is 0 Å². The molecule has 1 saturated carbocycles. The van der Waals surface area contributed by atoms with E-state index in [4.69, 9.17) is 0 Å². The molecular weight excluding hydrogens is 422 g/mol. The van der Waals surface area contributed by atoms with E-state index in [0.29, 0.717) is 13.0 Å². The normalized spacial score (nSPS) is 18.5. The second-order valence-corrected chi connectivity index (χ2v) is 10.5. The highest BCUT2D eigenvalue weighted by molar-refractivity contribution is 7.16. The molecule has 1 aromatic carbocycles. The SMILES string of the molecule is CCCN(CCCCN1C(=O)CC2(CCCCC2)C1=O)CCc1cccc2[nH]c(=O)sc12. The zero-order chi connectivity index (χ0) is 22.6. The summed E-state index contributed by atoms with van der Waals surface area (Å²) in [4.78, 5) is 44.1. The number of aromatic nitrogens is 1. The highest BCUT2D eigenvalue weighted by Crippen LogP contribution is 2.45. The van der Waals surface area contributed by atoms with Crippen LogP contribution in [0.4, 0.5) is 0 Å². The molecule has 2 amide bonds. The number of unbranched alkanes of at least 4 members (excludes halogenated alkanes) is 1. The molecule has 32 heavy (non-hydrogen) atoms. The Hall–Kier alpha value is -1.99. The standard InChI is InChI=1S/C25H35N3O3S/c1-2-14-27(17-11-19-9-8-10-20-22(19)32-24(31)26-20)15-6-7-16-28-21(29)18-25(23(28)30)12-4-3-5-13-25/h8-10H,2-7,11-18H2,1H3,(H,26,31). The fourth-order valence-electron chi connectivity index (χ4n) is 5.47. The molecule has 1 aliphatic carbocycles. The lowest BCUT2D eigenvalue weighted by Crippen LogP contribution is -2.37. The Labute approximate surface area is 194 Å². The van der Waals surface area contributed by atoms with Gasteiger partial charge in [0, 0.05) is 19.5 Å². The molecule has 1 spiro atoms. The molecule has 0 radical (unpaired) electrons. The van der Waals surface area contributed by atoms with E-state index >= 15 is 0 Å². The summed E-state index contributed by atoms with van der Waals surface area (Å²) < 4.78 is 1.07. The molecule has 0 unspecified atom stereocenters. The van der Waals surface area contributed by atoms with Crippen molar-refractivity contribution < 1.29 is 9.59 Å². The van der Waals surface area contributed by atoms with E-state index in [9.17, 15) is 14.4 Å². The minimum Gasteiger partial charge on any atom is -0.312 e. The lowest BCUT2D eigenvalue weighted by atomic mass is 9.73. The van der Waals surface area contributed by atoms with Crippen LogP contribution < -0.4 is 4.87 Å². The smallest absolute Gasteiger partial charge is 0.305 e. The summed E-state index contributed by atoms with van der Waals surface area (Å²) in [7, 11) is 0. The van der Waals surface area contributed by atoms with Crippen LogP contribution in [-0.4, -0.2) is 52.8 Å². The van der Waals surface area contributed by atoms with Crippen LogP contribution in [0.5, 0.6) is 0 Å². The van der Waals surface area contributed by atoms with E-state index in [-0.39, 0.29) is 22.1 Å². The van der Waals surface area contributed by atoms with Crippen LogP contribution >= 0.6 is 11.3 Å². The van der Waals surface area contributed by atoms with Crippen molar-refractivity contribution in [2.24, 2.45) is 5.41 Å². The fraction of sp³-hybridized carbons (Fsp3) is 0.640. The Morgan fingerprint density at radius 2 is 1.88 bits per heavy atom. The number of carbonyl (C=O) groups excluding carboxylic acids is 2. The number of hydrogen-bond acceptors (Lipinski definition) is 5. The van der Waals surface area contributed by atoms with Gasteiger partial charge in [0.2, 0.25) is 11.8 Å². The molecule has 2 aromatic rings. The molecule has 1 saturated heterocycles. The van der Waals surface area contributed by atoms with Gasteiger partial charge in [-0.1, -0.05) is 49.7 Å². The molecule has 0 bridgehead atoms. The number of aromatic amines is 1. The third kappa shape index (κ3) is 4.99.